The molecule has 0 aliphatic carbocycles. The highest BCUT2D eigenvalue weighted by Crippen LogP contribution is 2.03. The largest absolute Gasteiger partial charge is 0.377 e. The molecule has 2 atom stereocenters. The summed E-state index contributed by atoms with van der Waals surface area (Å²) in [7, 11) is 0. The lowest BCUT2D eigenvalue weighted by atomic mass is 10.2. The quantitative estimate of drug-likeness (QED) is 0.564. The Morgan fingerprint density at radius 2 is 1.73 bits per heavy atom. The molecule has 2 unspecified atom stereocenters. The van der Waals surface area contributed by atoms with Gasteiger partial charge in [0.15, 0.2) is 0 Å². The first-order valence-corrected chi connectivity index (χ1v) is 6.57. The van der Waals surface area contributed by atoms with Crippen LogP contribution < -0.4 is 5.32 Å². The van der Waals surface area contributed by atoms with E-state index in [0.717, 1.165) is 13.2 Å². The summed E-state index contributed by atoms with van der Waals surface area (Å²) in [6.45, 7) is 10.8. The van der Waals surface area contributed by atoms with Crippen molar-refractivity contribution in [2.24, 2.45) is 0 Å². The molecule has 2 nitrogen and oxygen atoms in total. The van der Waals surface area contributed by atoms with Gasteiger partial charge >= 0.3 is 0 Å². The van der Waals surface area contributed by atoms with Crippen molar-refractivity contribution in [2.45, 2.75) is 71.9 Å². The number of rotatable bonds is 10. The van der Waals surface area contributed by atoms with Crippen LogP contribution in [0.1, 0.15) is 59.8 Å². The van der Waals surface area contributed by atoms with Gasteiger partial charge in [-0.05, 0) is 33.2 Å². The van der Waals surface area contributed by atoms with E-state index in [-0.39, 0.29) is 0 Å². The van der Waals surface area contributed by atoms with Crippen LogP contribution in [0, 0.1) is 0 Å². The Kier molecular flexibility index (Phi) is 10.4. The lowest BCUT2D eigenvalue weighted by Gasteiger charge is -2.21. The Hall–Kier alpha value is -0.0800. The molecular weight excluding hydrogens is 186 g/mol. The third-order valence-electron chi connectivity index (χ3n) is 2.80. The second kappa shape index (κ2) is 10.4. The van der Waals surface area contributed by atoms with Crippen LogP contribution in [0.4, 0.5) is 0 Å². The Labute approximate surface area is 95.8 Å². The second-order valence-corrected chi connectivity index (χ2v) is 4.38. The molecular formula is C13H29NO. The Morgan fingerprint density at radius 1 is 1.00 bits per heavy atom. The Bertz CT molecular complexity index is 128. The van der Waals surface area contributed by atoms with Gasteiger partial charge in [0, 0.05) is 12.6 Å². The molecule has 0 bridgehead atoms. The molecule has 0 saturated carbocycles. The average molecular weight is 215 g/mol. The minimum Gasteiger partial charge on any atom is -0.377 e. The van der Waals surface area contributed by atoms with Crippen LogP contribution >= 0.6 is 0 Å². The first-order valence-electron chi connectivity index (χ1n) is 6.57. The van der Waals surface area contributed by atoms with Gasteiger partial charge < -0.3 is 10.1 Å². The third-order valence-corrected chi connectivity index (χ3v) is 2.80. The van der Waals surface area contributed by atoms with Gasteiger partial charge in [-0.15, -0.1) is 0 Å². The number of unbranched alkanes of at least 4 members (excludes halogenated alkanes) is 3. The van der Waals surface area contributed by atoms with E-state index in [1.54, 1.807) is 0 Å². The summed E-state index contributed by atoms with van der Waals surface area (Å²) in [5.74, 6) is 0. The maximum Gasteiger partial charge on any atom is 0.0697 e. The average Bonchev–Trinajstić information content (AvgIpc) is 2.25. The van der Waals surface area contributed by atoms with Gasteiger partial charge in [-0.2, -0.15) is 0 Å². The van der Waals surface area contributed by atoms with E-state index in [1.807, 2.05) is 0 Å². The molecule has 0 spiro atoms. The zero-order valence-electron chi connectivity index (χ0n) is 11.0. The Morgan fingerprint density at radius 3 is 2.33 bits per heavy atom. The van der Waals surface area contributed by atoms with E-state index in [9.17, 15) is 0 Å². The first-order chi connectivity index (χ1) is 7.22. The van der Waals surface area contributed by atoms with Gasteiger partial charge in [0.25, 0.3) is 0 Å². The third kappa shape index (κ3) is 8.88. The molecule has 2 heteroatoms. The normalized spacial score (nSPS) is 15.2. The van der Waals surface area contributed by atoms with Gasteiger partial charge in [0.2, 0.25) is 0 Å². The van der Waals surface area contributed by atoms with Crippen LogP contribution in [-0.2, 0) is 4.74 Å². The van der Waals surface area contributed by atoms with Gasteiger partial charge in [0.05, 0.1) is 6.10 Å². The van der Waals surface area contributed by atoms with E-state index in [4.69, 9.17) is 4.74 Å². The summed E-state index contributed by atoms with van der Waals surface area (Å²) in [5.41, 5.74) is 0. The number of ether oxygens (including phenoxy) is 1. The lowest BCUT2D eigenvalue weighted by molar-refractivity contribution is 0.0410. The lowest BCUT2D eigenvalue weighted by Crippen LogP contribution is -2.37. The van der Waals surface area contributed by atoms with E-state index < -0.39 is 0 Å². The molecule has 0 amide bonds. The van der Waals surface area contributed by atoms with E-state index >= 15 is 0 Å². The minimum absolute atomic E-state index is 0.332. The van der Waals surface area contributed by atoms with Gasteiger partial charge in [-0.3, -0.25) is 0 Å². The highest BCUT2D eigenvalue weighted by Gasteiger charge is 2.10. The van der Waals surface area contributed by atoms with Crippen molar-refractivity contribution in [3.63, 3.8) is 0 Å². The molecule has 0 aliphatic heterocycles. The molecule has 0 aromatic heterocycles. The molecule has 0 aromatic rings. The van der Waals surface area contributed by atoms with E-state index in [0.29, 0.717) is 12.1 Å². The van der Waals surface area contributed by atoms with Crippen molar-refractivity contribution in [1.82, 2.24) is 5.32 Å². The smallest absolute Gasteiger partial charge is 0.0697 e. The van der Waals surface area contributed by atoms with Crippen molar-refractivity contribution < 1.29 is 4.74 Å². The zero-order chi connectivity index (χ0) is 11.5. The number of hydrogen-bond donors (Lipinski definition) is 1. The number of hydrogen-bond acceptors (Lipinski definition) is 2. The predicted octanol–water partition coefficient (Wildman–Crippen LogP) is 3.36. The van der Waals surface area contributed by atoms with Crippen LogP contribution in [-0.4, -0.2) is 25.3 Å². The molecule has 92 valence electrons. The minimum atomic E-state index is 0.332. The van der Waals surface area contributed by atoms with Crippen molar-refractivity contribution in [1.29, 1.82) is 0 Å². The van der Waals surface area contributed by atoms with Crippen LogP contribution in [0.3, 0.4) is 0 Å². The zero-order valence-corrected chi connectivity index (χ0v) is 11.0. The molecule has 0 rings (SSSR count). The molecule has 0 radical (unpaired) electrons. The highest BCUT2D eigenvalue weighted by molar-refractivity contribution is 4.67. The fourth-order valence-electron chi connectivity index (χ4n) is 1.48. The van der Waals surface area contributed by atoms with Crippen LogP contribution in [0.2, 0.25) is 0 Å². The van der Waals surface area contributed by atoms with E-state index in [1.165, 1.54) is 32.1 Å². The van der Waals surface area contributed by atoms with Crippen LogP contribution in [0.25, 0.3) is 0 Å². The van der Waals surface area contributed by atoms with Crippen LogP contribution in [0.15, 0.2) is 0 Å². The summed E-state index contributed by atoms with van der Waals surface area (Å²) < 4.78 is 5.78. The first kappa shape index (κ1) is 14.9. The molecule has 1 N–H and O–H groups in total. The molecule has 0 aromatic carbocycles. The fourth-order valence-corrected chi connectivity index (χ4v) is 1.48. The van der Waals surface area contributed by atoms with Crippen molar-refractivity contribution in [2.75, 3.05) is 13.2 Å². The molecule has 0 heterocycles. The summed E-state index contributed by atoms with van der Waals surface area (Å²) in [5, 5.41) is 3.46. The van der Waals surface area contributed by atoms with Crippen molar-refractivity contribution in [3.05, 3.63) is 0 Å². The van der Waals surface area contributed by atoms with E-state index in [2.05, 4.69) is 33.0 Å². The predicted molar refractivity (Wildman–Crippen MR) is 67.3 cm³/mol. The fraction of sp³-hybridized carbons (Fsp3) is 1.00. The topological polar surface area (TPSA) is 21.3 Å². The summed E-state index contributed by atoms with van der Waals surface area (Å²) in [6, 6.07) is 0.469. The maximum atomic E-state index is 5.78. The van der Waals surface area contributed by atoms with Gasteiger partial charge in [-0.25, -0.2) is 0 Å². The standard InChI is InChI=1S/C13H29NO/c1-5-7-8-9-11-15-13(4)12(3)14-10-6-2/h12-14H,5-11H2,1-4H3. The monoisotopic (exact) mass is 215 g/mol. The molecule has 15 heavy (non-hydrogen) atoms. The van der Waals surface area contributed by atoms with Crippen molar-refractivity contribution in [3.8, 4) is 0 Å². The summed E-state index contributed by atoms with van der Waals surface area (Å²) >= 11 is 0. The maximum absolute atomic E-state index is 5.78. The van der Waals surface area contributed by atoms with Gasteiger partial charge in [-0.1, -0.05) is 33.1 Å². The molecule has 0 saturated heterocycles. The molecule has 0 aliphatic rings. The Balaban J connectivity index is 3.34. The highest BCUT2D eigenvalue weighted by atomic mass is 16.5. The summed E-state index contributed by atoms with van der Waals surface area (Å²) in [4.78, 5) is 0. The summed E-state index contributed by atoms with van der Waals surface area (Å²) in [6.07, 6.45) is 6.66. The number of nitrogens with one attached hydrogen (secondary N) is 1. The SMILES string of the molecule is CCCCCCOC(C)C(C)NCCC. The van der Waals surface area contributed by atoms with Crippen LogP contribution in [0.5, 0.6) is 0 Å². The van der Waals surface area contributed by atoms with Crippen molar-refractivity contribution >= 4 is 0 Å². The molecule has 0 fully saturated rings. The second-order valence-electron chi connectivity index (χ2n) is 4.38. The van der Waals surface area contributed by atoms with Gasteiger partial charge in [0.1, 0.15) is 0 Å².